The van der Waals surface area contributed by atoms with Crippen LogP contribution in [0.5, 0.6) is 0 Å². The van der Waals surface area contributed by atoms with Gasteiger partial charge in [0.2, 0.25) is 0 Å². The Morgan fingerprint density at radius 2 is 0.891 bits per heavy atom. The Kier molecular flexibility index (Phi) is 6.48. The fourth-order valence-electron chi connectivity index (χ4n) is 6.54. The molecular weight excluding hydrogens is 735 g/mol. The van der Waals surface area contributed by atoms with Crippen LogP contribution in [0, 0.1) is 0 Å². The Bertz CT molecular complexity index is 2480. The summed E-state index contributed by atoms with van der Waals surface area (Å²) in [6, 6.07) is 31.2. The van der Waals surface area contributed by atoms with Crippen LogP contribution in [-0.2, 0) is 47.0 Å². The Balaban J connectivity index is 0.00000292. The van der Waals surface area contributed by atoms with Gasteiger partial charge in [0.1, 0.15) is 0 Å². The number of aliphatic imine (C=N–C) groups is 4. The van der Waals surface area contributed by atoms with Gasteiger partial charge >= 0.3 is 263 Å². The molecule has 0 amide bonds. The van der Waals surface area contributed by atoms with E-state index in [9.17, 15) is 8.76 Å². The summed E-state index contributed by atoms with van der Waals surface area (Å²) < 4.78 is 35.0. The molecular formula is C32H16GaN8O3SY-. The molecule has 10 rings (SSSR count). The first kappa shape index (κ1) is 28.3. The SMILES string of the molecule is O=S([O-])[O][Ga]1[n]2c3c4ccccc4c2N=C2N=C(N=c4c5ccccc5c([n]41)=NC1=NC(=N3)c3ccccc31)c1ccccc12.[Y]. The minimum absolute atomic E-state index is 0. The number of hydrogen-bond acceptors (Lipinski definition) is 9. The first-order chi connectivity index (χ1) is 22.1. The quantitative estimate of drug-likeness (QED) is 0.197. The van der Waals surface area contributed by atoms with Gasteiger partial charge in [-0.3, -0.25) is 0 Å². The second kappa shape index (κ2) is 10.5. The number of aromatic nitrogens is 2. The fourth-order valence-corrected chi connectivity index (χ4v) is 12.7. The van der Waals surface area contributed by atoms with E-state index < -0.39 is 28.4 Å². The van der Waals surface area contributed by atoms with Gasteiger partial charge in [-0.1, -0.05) is 0 Å². The molecule has 2 aromatic heterocycles. The standard InChI is InChI=1S/C32H16N8.Ga.H2O3S.Y/c1-2-10-18-17(9-1)25-33-26(18)38-28-21-13-5-6-14-22(21)30(35-28)40-32-24-16-8-7-15-23(24)31(36-32)39-29-20-12-4-3-11-19(20)27(34-29)37-25;;1-4(2)3;/h1-16H;;(H2,1,2,3);/q-2;+3;;/p-2. The molecule has 215 valence electrons. The largest absolute Gasteiger partial charge is 0 e. The molecule has 6 heterocycles. The van der Waals surface area contributed by atoms with Crippen molar-refractivity contribution in [2.45, 2.75) is 0 Å². The normalized spacial score (nSPS) is 15.8. The smallest absolute Gasteiger partial charge is 0 e. The Morgan fingerprint density at radius 3 is 1.30 bits per heavy atom. The number of hydrogen-bond donors (Lipinski definition) is 0. The number of rotatable bonds is 2. The van der Waals surface area contributed by atoms with Gasteiger partial charge < -0.3 is 0 Å². The number of nitrogens with zero attached hydrogens (tertiary/aromatic N) is 8. The topological polar surface area (TPSA) is 133 Å². The Hall–Kier alpha value is -3.95. The summed E-state index contributed by atoms with van der Waals surface area (Å²) >= 11 is -6.98. The summed E-state index contributed by atoms with van der Waals surface area (Å²) in [5.74, 6) is 2.91. The predicted molar refractivity (Wildman–Crippen MR) is 171 cm³/mol. The molecule has 0 aliphatic carbocycles. The fraction of sp³-hybridized carbons (Fsp3) is 0. The zero-order valence-electron chi connectivity index (χ0n) is 23.6. The molecule has 46 heavy (non-hydrogen) atoms. The molecule has 1 radical (unpaired) electrons. The number of amidine groups is 4. The predicted octanol–water partition coefficient (Wildman–Crippen LogP) is 3.73. The molecule has 0 saturated heterocycles. The van der Waals surface area contributed by atoms with Crippen LogP contribution in [0.15, 0.2) is 127 Å². The molecule has 4 aliphatic rings. The van der Waals surface area contributed by atoms with Gasteiger partial charge in [0, 0.05) is 32.7 Å². The summed E-state index contributed by atoms with van der Waals surface area (Å²) in [7, 11) is 0. The van der Waals surface area contributed by atoms with Crippen molar-refractivity contribution < 1.29 is 44.4 Å². The third kappa shape index (κ3) is 3.97. The van der Waals surface area contributed by atoms with Gasteiger partial charge in [0.15, 0.2) is 0 Å². The maximum Gasteiger partial charge on any atom is 0 e. The van der Waals surface area contributed by atoms with E-state index in [4.69, 9.17) is 32.9 Å². The van der Waals surface area contributed by atoms with Crippen LogP contribution in [0.2, 0.25) is 0 Å². The van der Waals surface area contributed by atoms with E-state index in [1.54, 1.807) is 0 Å². The van der Waals surface area contributed by atoms with E-state index in [0.717, 1.165) is 43.8 Å². The van der Waals surface area contributed by atoms with Crippen molar-refractivity contribution in [3.63, 3.8) is 0 Å². The molecule has 14 heteroatoms. The first-order valence-electron chi connectivity index (χ1n) is 14.1. The van der Waals surface area contributed by atoms with E-state index in [-0.39, 0.29) is 32.7 Å². The third-order valence-electron chi connectivity index (χ3n) is 8.43. The number of fused-ring (bicyclic) bond motifs is 14. The molecule has 0 saturated carbocycles. The van der Waals surface area contributed by atoms with Crippen molar-refractivity contribution in [2.24, 2.45) is 30.0 Å². The summed E-state index contributed by atoms with van der Waals surface area (Å²) in [4.78, 5) is 30.5. The maximum atomic E-state index is 12.6. The first-order valence-corrected chi connectivity index (χ1v) is 18.3. The van der Waals surface area contributed by atoms with E-state index >= 15 is 0 Å². The van der Waals surface area contributed by atoms with Crippen LogP contribution in [0.4, 0.5) is 11.6 Å². The molecule has 0 spiro atoms. The van der Waals surface area contributed by atoms with E-state index in [1.165, 1.54) is 0 Å². The zero-order valence-corrected chi connectivity index (χ0v) is 29.7. The molecule has 1 unspecified atom stereocenters. The van der Waals surface area contributed by atoms with Crippen molar-refractivity contribution in [3.05, 3.63) is 130 Å². The molecule has 0 fully saturated rings. The molecule has 1 atom stereocenters. The van der Waals surface area contributed by atoms with E-state index in [1.807, 2.05) is 104 Å². The minimum Gasteiger partial charge on any atom is 0 e. The third-order valence-corrected chi connectivity index (χ3v) is 14.7. The second-order valence-electron chi connectivity index (χ2n) is 10.8. The number of benzene rings is 4. The van der Waals surface area contributed by atoms with Crippen LogP contribution < -0.4 is 11.0 Å². The molecule has 0 N–H and O–H groups in total. The van der Waals surface area contributed by atoms with Gasteiger partial charge in [0.25, 0.3) is 0 Å². The van der Waals surface area contributed by atoms with Gasteiger partial charge in [-0.05, 0) is 0 Å². The summed E-state index contributed by atoms with van der Waals surface area (Å²) in [5.41, 5.74) is 4.32. The van der Waals surface area contributed by atoms with E-state index in [2.05, 4.69) is 0 Å². The van der Waals surface area contributed by atoms with Crippen LogP contribution >= 0.6 is 0 Å². The monoisotopic (exact) mass is 750 g/mol. The summed E-state index contributed by atoms with van der Waals surface area (Å²) in [6.07, 6.45) is 0. The average Bonchev–Trinajstić information content (AvgIpc) is 3.77. The van der Waals surface area contributed by atoms with Crippen molar-refractivity contribution in [1.29, 1.82) is 0 Å². The van der Waals surface area contributed by atoms with Crippen molar-refractivity contribution in [2.75, 3.05) is 0 Å². The van der Waals surface area contributed by atoms with Crippen molar-refractivity contribution in [3.8, 4) is 0 Å². The molecule has 6 aromatic rings. The minimum atomic E-state index is -4.10. The van der Waals surface area contributed by atoms with E-state index in [0.29, 0.717) is 46.0 Å². The molecule has 11 nitrogen and oxygen atoms in total. The van der Waals surface area contributed by atoms with Crippen LogP contribution in [-0.4, -0.2) is 55.7 Å². The van der Waals surface area contributed by atoms with Crippen molar-refractivity contribution >= 4 is 84.9 Å². The molecule has 4 aromatic carbocycles. The summed E-state index contributed by atoms with van der Waals surface area (Å²) in [5, 5.41) is 3.13. The van der Waals surface area contributed by atoms with Gasteiger partial charge in [-0.15, -0.1) is 0 Å². The zero-order chi connectivity index (χ0) is 29.8. The van der Waals surface area contributed by atoms with Crippen LogP contribution in [0.1, 0.15) is 22.3 Å². The molecule has 4 aliphatic heterocycles. The second-order valence-corrected chi connectivity index (χ2v) is 16.2. The van der Waals surface area contributed by atoms with Crippen LogP contribution in [0.3, 0.4) is 0 Å². The van der Waals surface area contributed by atoms with Gasteiger partial charge in [0.05, 0.1) is 0 Å². The summed E-state index contributed by atoms with van der Waals surface area (Å²) in [6.45, 7) is 0. The maximum absolute atomic E-state index is 12.6. The molecule has 6 bridgehead atoms. The van der Waals surface area contributed by atoms with Crippen LogP contribution in [0.25, 0.3) is 21.5 Å². The average molecular weight is 751 g/mol. The van der Waals surface area contributed by atoms with Gasteiger partial charge in [-0.25, -0.2) is 0 Å². The Morgan fingerprint density at radius 1 is 0.522 bits per heavy atom. The van der Waals surface area contributed by atoms with Gasteiger partial charge in [-0.2, -0.15) is 0 Å². The Labute approximate surface area is 293 Å². The van der Waals surface area contributed by atoms with Crippen molar-refractivity contribution in [1.82, 2.24) is 6.55 Å².